The van der Waals surface area contributed by atoms with Crippen LogP contribution in [0.1, 0.15) is 45.4 Å². The number of nitriles is 1. The molecular weight excluding hydrogens is 357 g/mol. The second kappa shape index (κ2) is 8.63. The fraction of sp³-hybridized carbons (Fsp3) is 0.545. The van der Waals surface area contributed by atoms with E-state index in [0.29, 0.717) is 18.6 Å². The van der Waals surface area contributed by atoms with E-state index >= 15 is 0 Å². The van der Waals surface area contributed by atoms with E-state index in [4.69, 9.17) is 11.2 Å². The molecule has 1 aromatic rings. The number of nitrogens with one attached hydrogen (secondary N) is 1. The molecule has 1 saturated heterocycles. The highest BCUT2D eigenvalue weighted by molar-refractivity contribution is 5.80. The maximum atomic E-state index is 13.0. The van der Waals surface area contributed by atoms with E-state index in [1.54, 1.807) is 17.0 Å². The summed E-state index contributed by atoms with van der Waals surface area (Å²) >= 11 is 0. The molecule has 0 aromatic heterocycles. The average molecular weight is 383 g/mol. The molecule has 28 heavy (non-hydrogen) atoms. The summed E-state index contributed by atoms with van der Waals surface area (Å²) in [6.07, 6.45) is 10.4. The fourth-order valence-electron chi connectivity index (χ4n) is 4.06. The Bertz CT molecular complexity index is 750. The molecule has 148 valence electrons. The number of likely N-dealkylation sites (tertiary alicyclic amines) is 1. The summed E-state index contributed by atoms with van der Waals surface area (Å²) in [5.74, 6) is 2.91. The maximum Gasteiger partial charge on any atom is 0.238 e. The molecule has 5 nitrogen and oxygen atoms in total. The van der Waals surface area contributed by atoms with Crippen molar-refractivity contribution in [3.63, 3.8) is 0 Å². The SMILES string of the molecule is C#C[C@H]1CC[C@@H](C#N)N1C(=O)CNC1(C)CCC(Oc2ccc(F)cc2)CC1. The van der Waals surface area contributed by atoms with Crippen LogP contribution in [0.4, 0.5) is 4.39 Å². The van der Waals surface area contributed by atoms with Crippen LogP contribution in [0.15, 0.2) is 24.3 Å². The smallest absolute Gasteiger partial charge is 0.238 e. The largest absolute Gasteiger partial charge is 0.490 e. The van der Waals surface area contributed by atoms with Crippen molar-refractivity contribution in [1.82, 2.24) is 10.2 Å². The van der Waals surface area contributed by atoms with Gasteiger partial charge < -0.3 is 15.0 Å². The van der Waals surface area contributed by atoms with Gasteiger partial charge in [-0.25, -0.2) is 4.39 Å². The maximum absolute atomic E-state index is 13.0. The highest BCUT2D eigenvalue weighted by Crippen LogP contribution is 2.31. The summed E-state index contributed by atoms with van der Waals surface area (Å²) in [7, 11) is 0. The lowest BCUT2D eigenvalue weighted by Crippen LogP contribution is -2.52. The number of amides is 1. The molecule has 1 aliphatic carbocycles. The second-order valence-corrected chi connectivity index (χ2v) is 7.89. The standard InChI is InChI=1S/C22H26FN3O2/c1-3-17-6-7-18(14-24)26(17)21(27)15-25-22(2)12-10-20(11-13-22)28-19-8-4-16(23)5-9-19/h1,4-5,8-9,17-18,20,25H,6-7,10-13,15H2,2H3/t17-,18-,20?,22?/m0/s1. The van der Waals surface area contributed by atoms with Gasteiger partial charge in [0.15, 0.2) is 0 Å². The molecule has 2 atom stereocenters. The molecule has 1 saturated carbocycles. The van der Waals surface area contributed by atoms with Crippen LogP contribution in [0.2, 0.25) is 0 Å². The fourth-order valence-corrected chi connectivity index (χ4v) is 4.06. The van der Waals surface area contributed by atoms with Gasteiger partial charge in [0.2, 0.25) is 5.91 Å². The van der Waals surface area contributed by atoms with E-state index in [1.165, 1.54) is 12.1 Å². The molecule has 0 radical (unpaired) electrons. The highest BCUT2D eigenvalue weighted by atomic mass is 19.1. The normalized spacial score (nSPS) is 29.7. The molecule has 3 rings (SSSR count). The van der Waals surface area contributed by atoms with Crippen LogP contribution in [0.5, 0.6) is 5.75 Å². The second-order valence-electron chi connectivity index (χ2n) is 7.89. The van der Waals surface area contributed by atoms with Gasteiger partial charge >= 0.3 is 0 Å². The Labute approximate surface area is 165 Å². The first-order valence-corrected chi connectivity index (χ1v) is 9.78. The third-order valence-corrected chi connectivity index (χ3v) is 5.83. The van der Waals surface area contributed by atoms with Crippen LogP contribution in [0.25, 0.3) is 0 Å². The van der Waals surface area contributed by atoms with Crippen LogP contribution in [0.3, 0.4) is 0 Å². The number of rotatable bonds is 5. The van der Waals surface area contributed by atoms with E-state index in [0.717, 1.165) is 25.7 Å². The molecular formula is C22H26FN3O2. The van der Waals surface area contributed by atoms with E-state index in [-0.39, 0.29) is 36.0 Å². The van der Waals surface area contributed by atoms with Crippen LogP contribution in [-0.2, 0) is 4.79 Å². The number of carbonyl (C=O) groups is 1. The van der Waals surface area contributed by atoms with Gasteiger partial charge in [0.1, 0.15) is 17.6 Å². The Hall–Kier alpha value is -2.57. The number of benzene rings is 1. The van der Waals surface area contributed by atoms with Crippen LogP contribution < -0.4 is 10.1 Å². The number of hydrogen-bond acceptors (Lipinski definition) is 4. The molecule has 0 bridgehead atoms. The highest BCUT2D eigenvalue weighted by Gasteiger charge is 2.37. The van der Waals surface area contributed by atoms with Crippen molar-refractivity contribution < 1.29 is 13.9 Å². The number of hydrogen-bond donors (Lipinski definition) is 1. The van der Waals surface area contributed by atoms with Gasteiger partial charge in [-0.2, -0.15) is 5.26 Å². The lowest BCUT2D eigenvalue weighted by atomic mass is 9.82. The molecule has 2 fully saturated rings. The van der Waals surface area contributed by atoms with E-state index < -0.39 is 6.04 Å². The molecule has 0 unspecified atom stereocenters. The van der Waals surface area contributed by atoms with Crippen molar-refractivity contribution in [2.24, 2.45) is 0 Å². The Balaban J connectivity index is 1.49. The lowest BCUT2D eigenvalue weighted by Gasteiger charge is -2.38. The van der Waals surface area contributed by atoms with E-state index in [1.807, 2.05) is 0 Å². The number of halogens is 1. The van der Waals surface area contributed by atoms with Crippen molar-refractivity contribution in [1.29, 1.82) is 5.26 Å². The van der Waals surface area contributed by atoms with Gasteiger partial charge in [-0.05, 0) is 69.7 Å². The lowest BCUT2D eigenvalue weighted by molar-refractivity contribution is -0.131. The molecule has 1 aromatic carbocycles. The molecule has 0 spiro atoms. The average Bonchev–Trinajstić information content (AvgIpc) is 3.13. The van der Waals surface area contributed by atoms with Crippen LogP contribution in [-0.4, -0.2) is 41.1 Å². The Morgan fingerprint density at radius 3 is 2.54 bits per heavy atom. The minimum Gasteiger partial charge on any atom is -0.490 e. The van der Waals surface area contributed by atoms with Gasteiger partial charge in [0.05, 0.1) is 24.8 Å². The van der Waals surface area contributed by atoms with Gasteiger partial charge in [-0.1, -0.05) is 5.92 Å². The predicted octanol–water partition coefficient (Wildman–Crippen LogP) is 3.01. The zero-order valence-electron chi connectivity index (χ0n) is 16.2. The first-order valence-electron chi connectivity index (χ1n) is 9.78. The van der Waals surface area contributed by atoms with Crippen molar-refractivity contribution in [3.8, 4) is 24.2 Å². The van der Waals surface area contributed by atoms with Gasteiger partial charge in [-0.15, -0.1) is 6.42 Å². The number of terminal acetylenes is 1. The number of carbonyl (C=O) groups excluding carboxylic acids is 1. The van der Waals surface area contributed by atoms with Gasteiger partial charge in [-0.3, -0.25) is 4.79 Å². The first-order chi connectivity index (χ1) is 13.4. The minimum absolute atomic E-state index is 0.0865. The Morgan fingerprint density at radius 1 is 1.29 bits per heavy atom. The van der Waals surface area contributed by atoms with Gasteiger partial charge in [0.25, 0.3) is 0 Å². The molecule has 2 aliphatic rings. The Morgan fingerprint density at radius 2 is 1.93 bits per heavy atom. The zero-order chi connectivity index (χ0) is 20.1. The number of nitrogens with zero attached hydrogens (tertiary/aromatic N) is 2. The van der Waals surface area contributed by atoms with Crippen molar-refractivity contribution >= 4 is 5.91 Å². The topological polar surface area (TPSA) is 65.4 Å². The third-order valence-electron chi connectivity index (χ3n) is 5.83. The minimum atomic E-state index is -0.428. The van der Waals surface area contributed by atoms with Crippen molar-refractivity contribution in [2.75, 3.05) is 6.54 Å². The summed E-state index contributed by atoms with van der Waals surface area (Å²) in [5.41, 5.74) is -0.161. The molecule has 1 N–H and O–H groups in total. The third kappa shape index (κ3) is 4.64. The molecule has 1 aliphatic heterocycles. The molecule has 6 heteroatoms. The summed E-state index contributed by atoms with van der Waals surface area (Å²) in [4.78, 5) is 14.2. The predicted molar refractivity (Wildman–Crippen MR) is 104 cm³/mol. The Kier molecular flexibility index (Phi) is 6.21. The summed E-state index contributed by atoms with van der Waals surface area (Å²) in [5, 5.41) is 12.6. The van der Waals surface area contributed by atoms with E-state index in [9.17, 15) is 14.4 Å². The first kappa shape index (κ1) is 20.2. The van der Waals surface area contributed by atoms with Crippen molar-refractivity contribution in [2.45, 2.75) is 69.2 Å². The van der Waals surface area contributed by atoms with E-state index in [2.05, 4.69) is 24.2 Å². The summed E-state index contributed by atoms with van der Waals surface area (Å²) < 4.78 is 18.9. The molecule has 1 heterocycles. The summed E-state index contributed by atoms with van der Waals surface area (Å²) in [6, 6.07) is 7.54. The molecule has 1 amide bonds. The summed E-state index contributed by atoms with van der Waals surface area (Å²) in [6.45, 7) is 2.29. The van der Waals surface area contributed by atoms with Gasteiger partial charge in [0, 0.05) is 5.54 Å². The zero-order valence-corrected chi connectivity index (χ0v) is 16.2. The monoisotopic (exact) mass is 383 g/mol. The number of ether oxygens (including phenoxy) is 1. The van der Waals surface area contributed by atoms with Crippen LogP contribution in [0, 0.1) is 29.5 Å². The quantitative estimate of drug-likeness (QED) is 0.794. The van der Waals surface area contributed by atoms with Crippen molar-refractivity contribution in [3.05, 3.63) is 30.1 Å². The van der Waals surface area contributed by atoms with Crippen LogP contribution >= 0.6 is 0 Å².